The molecule has 91 valence electrons. The summed E-state index contributed by atoms with van der Waals surface area (Å²) in [6.45, 7) is 0.823. The van der Waals surface area contributed by atoms with E-state index in [1.165, 1.54) is 0 Å². The van der Waals surface area contributed by atoms with Crippen LogP contribution in [0.4, 0.5) is 0 Å². The van der Waals surface area contributed by atoms with Crippen LogP contribution in [-0.4, -0.2) is 34.7 Å². The van der Waals surface area contributed by atoms with Crippen LogP contribution in [0.5, 0.6) is 0 Å². The van der Waals surface area contributed by atoms with Gasteiger partial charge >= 0.3 is 0 Å². The lowest BCUT2D eigenvalue weighted by atomic mass is 10.1. The largest absolute Gasteiger partial charge is 0.351 e. The van der Waals surface area contributed by atoms with Gasteiger partial charge in [0, 0.05) is 23.2 Å². The molecule has 3 rings (SSSR count). The number of Topliss-reactive ketones (excluding diaryl/α,β-unsaturated/α-hetero) is 1. The maximum atomic E-state index is 12.4. The van der Waals surface area contributed by atoms with Crippen molar-refractivity contribution < 1.29 is 9.59 Å². The summed E-state index contributed by atoms with van der Waals surface area (Å²) >= 11 is 1.57. The average Bonchev–Trinajstić information content (AvgIpc) is 3.04. The van der Waals surface area contributed by atoms with Gasteiger partial charge < -0.3 is 4.98 Å². The van der Waals surface area contributed by atoms with Gasteiger partial charge in [0.15, 0.2) is 5.78 Å². The summed E-state index contributed by atoms with van der Waals surface area (Å²) in [6.07, 6.45) is 1.83. The van der Waals surface area contributed by atoms with Gasteiger partial charge in [-0.05, 0) is 6.07 Å². The first kappa shape index (κ1) is 11.5. The molecule has 2 aromatic rings. The molecule has 1 unspecified atom stereocenters. The van der Waals surface area contributed by atoms with Gasteiger partial charge in [0.05, 0.1) is 5.56 Å². The number of benzene rings is 1. The molecule has 0 amide bonds. The fraction of sp³-hybridized carbons (Fsp3) is 0.231. The van der Waals surface area contributed by atoms with Crippen molar-refractivity contribution in [1.29, 1.82) is 0 Å². The van der Waals surface area contributed by atoms with Crippen molar-refractivity contribution in [2.24, 2.45) is 0 Å². The monoisotopic (exact) mass is 259 g/mol. The second-order valence-corrected chi connectivity index (χ2v) is 5.30. The van der Waals surface area contributed by atoms with Crippen LogP contribution >= 0.6 is 11.8 Å². The molecule has 18 heavy (non-hydrogen) atoms. The van der Waals surface area contributed by atoms with Gasteiger partial charge in [-0.15, -0.1) is 11.8 Å². The van der Waals surface area contributed by atoms with Crippen LogP contribution in [0, 0.1) is 0 Å². The predicted octanol–water partition coefficient (Wildman–Crippen LogP) is 1.47. The third-order valence-corrected chi connectivity index (χ3v) is 4.16. The molecule has 0 saturated carbocycles. The minimum atomic E-state index is -0.253. The minimum Gasteiger partial charge on any atom is -0.351 e. The van der Waals surface area contributed by atoms with Crippen LogP contribution < -0.4 is 5.32 Å². The Kier molecular flexibility index (Phi) is 2.93. The summed E-state index contributed by atoms with van der Waals surface area (Å²) < 4.78 is 0. The lowest BCUT2D eigenvalue weighted by Gasteiger charge is -2.07. The zero-order valence-corrected chi connectivity index (χ0v) is 10.3. The fourth-order valence-corrected chi connectivity index (χ4v) is 3.18. The number of hydrogen-bond acceptors (Lipinski definition) is 4. The molecule has 5 heteroatoms. The third kappa shape index (κ3) is 1.76. The zero-order chi connectivity index (χ0) is 12.5. The minimum absolute atomic E-state index is 0.0479. The van der Waals surface area contributed by atoms with Gasteiger partial charge in [0.25, 0.3) is 6.29 Å². The summed E-state index contributed by atoms with van der Waals surface area (Å²) in [6, 6.07) is 7.42. The number of nitrogens with one attached hydrogen (secondary N) is 2. The van der Waals surface area contributed by atoms with Gasteiger partial charge in [0.1, 0.15) is 11.1 Å². The Morgan fingerprint density at radius 3 is 2.94 bits per heavy atom. The van der Waals surface area contributed by atoms with E-state index in [0.29, 0.717) is 5.56 Å². The van der Waals surface area contributed by atoms with Gasteiger partial charge in [-0.2, -0.15) is 0 Å². The Balaban J connectivity index is 2.14. The van der Waals surface area contributed by atoms with Crippen molar-refractivity contribution in [1.82, 2.24) is 10.3 Å². The van der Waals surface area contributed by atoms with Crippen LogP contribution in [0.15, 0.2) is 24.3 Å². The third-order valence-electron chi connectivity index (χ3n) is 3.01. The van der Waals surface area contributed by atoms with Crippen molar-refractivity contribution in [3.05, 3.63) is 35.5 Å². The molecule has 0 aliphatic carbocycles. The summed E-state index contributed by atoms with van der Waals surface area (Å²) in [4.78, 5) is 26.3. The van der Waals surface area contributed by atoms with Gasteiger partial charge in [0.2, 0.25) is 0 Å². The van der Waals surface area contributed by atoms with E-state index in [0.717, 1.165) is 23.2 Å². The van der Waals surface area contributed by atoms with Crippen molar-refractivity contribution in [3.8, 4) is 0 Å². The lowest BCUT2D eigenvalue weighted by Crippen LogP contribution is -2.29. The Morgan fingerprint density at radius 2 is 2.22 bits per heavy atom. The highest BCUT2D eigenvalue weighted by molar-refractivity contribution is 8.00. The molecule has 4 nitrogen and oxygen atoms in total. The molecule has 1 fully saturated rings. The van der Waals surface area contributed by atoms with Crippen LogP contribution in [0.25, 0.3) is 10.9 Å². The van der Waals surface area contributed by atoms with Crippen molar-refractivity contribution >= 4 is 34.7 Å². The highest BCUT2D eigenvalue weighted by atomic mass is 32.2. The quantitative estimate of drug-likeness (QED) is 0.819. The van der Waals surface area contributed by atoms with Crippen LogP contribution in [0.1, 0.15) is 16.1 Å². The molecule has 0 spiro atoms. The molecule has 2 N–H and O–H groups in total. The van der Waals surface area contributed by atoms with Crippen molar-refractivity contribution in [2.75, 3.05) is 12.3 Å². The number of hydrogen-bond donors (Lipinski definition) is 2. The van der Waals surface area contributed by atoms with E-state index in [9.17, 15) is 9.59 Å². The molecule has 1 aromatic carbocycles. The fourth-order valence-electron chi connectivity index (χ4n) is 2.20. The van der Waals surface area contributed by atoms with E-state index >= 15 is 0 Å². The molecule has 1 aliphatic heterocycles. The topological polar surface area (TPSA) is 62.0 Å². The summed E-state index contributed by atoms with van der Waals surface area (Å²) in [5.74, 6) is 0.868. The molecular weight excluding hydrogens is 248 g/mol. The number of para-hydroxylation sites is 1. The number of ketones is 1. The van der Waals surface area contributed by atoms with E-state index in [4.69, 9.17) is 0 Å². The number of carbonyl (C=O) groups excluding carboxylic acids is 2. The molecule has 1 aliphatic rings. The number of aromatic nitrogens is 1. The molecular formula is C13H11N2O2S. The molecule has 2 heterocycles. The first-order valence-corrected chi connectivity index (χ1v) is 6.74. The highest BCUT2D eigenvalue weighted by Gasteiger charge is 2.28. The summed E-state index contributed by atoms with van der Waals surface area (Å²) in [5, 5.41) is 3.66. The molecule has 0 bridgehead atoms. The molecule has 1 saturated heterocycles. The molecule has 1 radical (unpaired) electrons. The van der Waals surface area contributed by atoms with E-state index in [-0.39, 0.29) is 16.9 Å². The number of H-pyrrole nitrogens is 1. The van der Waals surface area contributed by atoms with Gasteiger partial charge in [-0.1, -0.05) is 18.2 Å². The molecule has 1 aromatic heterocycles. The predicted molar refractivity (Wildman–Crippen MR) is 71.7 cm³/mol. The first-order valence-electron chi connectivity index (χ1n) is 5.69. The maximum absolute atomic E-state index is 12.4. The second-order valence-electron chi connectivity index (χ2n) is 4.09. The Hall–Kier alpha value is -1.59. The van der Waals surface area contributed by atoms with Crippen LogP contribution in [0.2, 0.25) is 0 Å². The summed E-state index contributed by atoms with van der Waals surface area (Å²) in [7, 11) is 0. The number of thioether (sulfide) groups is 1. The van der Waals surface area contributed by atoms with E-state index in [1.54, 1.807) is 11.8 Å². The van der Waals surface area contributed by atoms with Crippen LogP contribution in [0.3, 0.4) is 0 Å². The van der Waals surface area contributed by atoms with Crippen LogP contribution in [-0.2, 0) is 4.79 Å². The SMILES string of the molecule is O=[C]c1[nH]c2ccccc2c1C(=O)C1NCCS1. The molecule has 1 atom stereocenters. The number of rotatable bonds is 3. The van der Waals surface area contributed by atoms with E-state index in [2.05, 4.69) is 10.3 Å². The second kappa shape index (κ2) is 4.59. The van der Waals surface area contributed by atoms with E-state index in [1.807, 2.05) is 30.6 Å². The maximum Gasteiger partial charge on any atom is 0.252 e. The van der Waals surface area contributed by atoms with Crippen molar-refractivity contribution in [2.45, 2.75) is 5.37 Å². The average molecular weight is 259 g/mol. The van der Waals surface area contributed by atoms with Gasteiger partial charge in [-0.3, -0.25) is 14.9 Å². The number of carbonyl (C=O) groups is 1. The zero-order valence-electron chi connectivity index (χ0n) is 9.53. The normalized spacial score (nSPS) is 19.2. The Morgan fingerprint density at radius 1 is 1.39 bits per heavy atom. The van der Waals surface area contributed by atoms with Crippen molar-refractivity contribution in [3.63, 3.8) is 0 Å². The standard InChI is InChI=1S/C13H11N2O2S/c16-7-10-11(12(17)13-14-5-6-18-13)8-3-1-2-4-9(8)15-10/h1-4,13-15H,5-6H2. The number of aromatic amines is 1. The lowest BCUT2D eigenvalue weighted by molar-refractivity contribution is 0.0983. The van der Waals surface area contributed by atoms with E-state index < -0.39 is 0 Å². The smallest absolute Gasteiger partial charge is 0.252 e. The Labute approximate surface area is 108 Å². The van der Waals surface area contributed by atoms with Gasteiger partial charge in [-0.25, -0.2) is 0 Å². The number of fused-ring (bicyclic) bond motifs is 1. The highest BCUT2D eigenvalue weighted by Crippen LogP contribution is 2.26. The first-order chi connectivity index (χ1) is 8.81. The Bertz CT molecular complexity index is 614. The summed E-state index contributed by atoms with van der Waals surface area (Å²) in [5.41, 5.74) is 1.49.